The largest absolute Gasteiger partial charge is 0.348 e. The lowest BCUT2D eigenvalue weighted by molar-refractivity contribution is -0.137. The van der Waals surface area contributed by atoms with Crippen molar-refractivity contribution in [3.05, 3.63) is 65.7 Å². The zero-order valence-electron chi connectivity index (χ0n) is 20.4. The van der Waals surface area contributed by atoms with Crippen LogP contribution in [0.1, 0.15) is 54.4 Å². The van der Waals surface area contributed by atoms with Crippen LogP contribution in [0.2, 0.25) is 0 Å². The van der Waals surface area contributed by atoms with Crippen molar-refractivity contribution >= 4 is 23.4 Å². The van der Waals surface area contributed by atoms with Crippen molar-refractivity contribution < 1.29 is 14.4 Å². The molecule has 7 nitrogen and oxygen atoms in total. The molecule has 2 aliphatic heterocycles. The van der Waals surface area contributed by atoms with Crippen molar-refractivity contribution in [3.63, 3.8) is 0 Å². The van der Waals surface area contributed by atoms with Crippen LogP contribution in [0, 0.1) is 5.92 Å². The Morgan fingerprint density at radius 3 is 2.17 bits per heavy atom. The highest BCUT2D eigenvalue weighted by Gasteiger charge is 2.29. The molecular weight excluding hydrogens is 440 g/mol. The summed E-state index contributed by atoms with van der Waals surface area (Å²) in [6.45, 7) is 3.92. The van der Waals surface area contributed by atoms with Gasteiger partial charge in [-0.2, -0.15) is 0 Å². The van der Waals surface area contributed by atoms with Crippen LogP contribution in [0.3, 0.4) is 0 Å². The van der Waals surface area contributed by atoms with Crippen LogP contribution >= 0.6 is 0 Å². The second-order valence-corrected chi connectivity index (χ2v) is 9.55. The molecule has 2 aromatic carbocycles. The van der Waals surface area contributed by atoms with Gasteiger partial charge in [0.15, 0.2) is 0 Å². The van der Waals surface area contributed by atoms with Crippen molar-refractivity contribution in [3.8, 4) is 0 Å². The number of anilines is 1. The van der Waals surface area contributed by atoms with Crippen molar-refractivity contribution in [1.29, 1.82) is 0 Å². The lowest BCUT2D eigenvalue weighted by Gasteiger charge is -2.33. The van der Waals surface area contributed by atoms with E-state index in [1.165, 1.54) is 12.8 Å². The first-order chi connectivity index (χ1) is 17.1. The van der Waals surface area contributed by atoms with E-state index in [-0.39, 0.29) is 24.3 Å². The number of likely N-dealkylation sites (tertiary alicyclic amines) is 2. The van der Waals surface area contributed by atoms with Gasteiger partial charge < -0.3 is 15.5 Å². The second-order valence-electron chi connectivity index (χ2n) is 9.55. The van der Waals surface area contributed by atoms with Crippen molar-refractivity contribution in [2.75, 3.05) is 38.0 Å². The number of piperidine rings is 1. The Morgan fingerprint density at radius 1 is 0.800 bits per heavy atom. The summed E-state index contributed by atoms with van der Waals surface area (Å²) in [5.74, 6) is -0.00362. The van der Waals surface area contributed by atoms with Gasteiger partial charge in [-0.25, -0.2) is 0 Å². The zero-order chi connectivity index (χ0) is 24.5. The monoisotopic (exact) mass is 476 g/mol. The van der Waals surface area contributed by atoms with Gasteiger partial charge in [-0.1, -0.05) is 55.3 Å². The standard InChI is InChI=1S/C28H36N4O3/c33-26(21-31-18-14-23(15-19-31)28(35)32-16-8-1-2-9-17-32)30-25-13-7-6-12-24(25)27(34)29-20-22-10-4-3-5-11-22/h3-7,10-13,23H,1-2,8-9,14-21H2,(H,29,34)(H,30,33). The first-order valence-electron chi connectivity index (χ1n) is 12.8. The van der Waals surface area contributed by atoms with Gasteiger partial charge in [0.25, 0.3) is 5.91 Å². The van der Waals surface area contributed by atoms with Crippen LogP contribution in [0.5, 0.6) is 0 Å². The van der Waals surface area contributed by atoms with Crippen LogP contribution in [0.15, 0.2) is 54.6 Å². The van der Waals surface area contributed by atoms with E-state index in [1.54, 1.807) is 18.2 Å². The molecule has 0 radical (unpaired) electrons. The number of amides is 3. The fourth-order valence-electron chi connectivity index (χ4n) is 4.94. The number of carbonyl (C=O) groups is 3. The normalized spacial score (nSPS) is 17.4. The van der Waals surface area contributed by atoms with E-state index in [9.17, 15) is 14.4 Å². The topological polar surface area (TPSA) is 81.8 Å². The molecule has 0 atom stereocenters. The average Bonchev–Trinajstić information content (AvgIpc) is 3.18. The van der Waals surface area contributed by atoms with Gasteiger partial charge in [0, 0.05) is 25.6 Å². The highest BCUT2D eigenvalue weighted by Crippen LogP contribution is 2.22. The van der Waals surface area contributed by atoms with Gasteiger partial charge in [-0.3, -0.25) is 19.3 Å². The molecule has 3 amide bonds. The minimum Gasteiger partial charge on any atom is -0.348 e. The zero-order valence-corrected chi connectivity index (χ0v) is 20.4. The van der Waals surface area contributed by atoms with E-state index in [4.69, 9.17) is 0 Å². The van der Waals surface area contributed by atoms with Crippen LogP contribution in [0.25, 0.3) is 0 Å². The Morgan fingerprint density at radius 2 is 1.46 bits per heavy atom. The summed E-state index contributed by atoms with van der Waals surface area (Å²) in [6, 6.07) is 16.8. The molecule has 0 saturated carbocycles. The highest BCUT2D eigenvalue weighted by molar-refractivity contribution is 6.04. The first-order valence-corrected chi connectivity index (χ1v) is 12.8. The third kappa shape index (κ3) is 7.15. The Balaban J connectivity index is 1.25. The maximum absolute atomic E-state index is 12.9. The Bertz CT molecular complexity index is 994. The summed E-state index contributed by atoms with van der Waals surface area (Å²) in [7, 11) is 0. The van der Waals surface area contributed by atoms with Crippen LogP contribution in [-0.4, -0.2) is 60.2 Å². The molecule has 2 heterocycles. The molecule has 186 valence electrons. The molecule has 35 heavy (non-hydrogen) atoms. The quantitative estimate of drug-likeness (QED) is 0.639. The minimum atomic E-state index is -0.224. The predicted molar refractivity (Wildman–Crippen MR) is 137 cm³/mol. The van der Waals surface area contributed by atoms with E-state index >= 15 is 0 Å². The number of carbonyl (C=O) groups excluding carboxylic acids is 3. The summed E-state index contributed by atoms with van der Waals surface area (Å²) < 4.78 is 0. The van der Waals surface area contributed by atoms with Gasteiger partial charge >= 0.3 is 0 Å². The third-order valence-corrected chi connectivity index (χ3v) is 6.96. The molecular formula is C28H36N4O3. The van der Waals surface area contributed by atoms with Crippen LogP contribution in [-0.2, 0) is 16.1 Å². The average molecular weight is 477 g/mol. The van der Waals surface area contributed by atoms with E-state index in [2.05, 4.69) is 20.4 Å². The number of nitrogens with one attached hydrogen (secondary N) is 2. The molecule has 7 heteroatoms. The predicted octanol–water partition coefficient (Wildman–Crippen LogP) is 3.67. The lowest BCUT2D eigenvalue weighted by Crippen LogP contribution is -2.44. The molecule has 2 saturated heterocycles. The van der Waals surface area contributed by atoms with Crippen molar-refractivity contribution in [2.24, 2.45) is 5.92 Å². The summed E-state index contributed by atoms with van der Waals surface area (Å²) >= 11 is 0. The first kappa shape index (κ1) is 24.9. The molecule has 0 spiro atoms. The number of para-hydroxylation sites is 1. The number of hydrogen-bond acceptors (Lipinski definition) is 4. The van der Waals surface area contributed by atoms with Gasteiger partial charge in [-0.05, 0) is 56.5 Å². The molecule has 2 fully saturated rings. The molecule has 4 rings (SSSR count). The number of nitrogens with zero attached hydrogens (tertiary/aromatic N) is 2. The summed E-state index contributed by atoms with van der Waals surface area (Å²) in [6.07, 6.45) is 6.24. The Hall–Kier alpha value is -3.19. The fraction of sp³-hybridized carbons (Fsp3) is 0.464. The Kier molecular flexibility index (Phi) is 8.90. The molecule has 0 aliphatic carbocycles. The summed E-state index contributed by atoms with van der Waals surface area (Å²) in [5, 5.41) is 5.83. The summed E-state index contributed by atoms with van der Waals surface area (Å²) in [5.41, 5.74) is 1.97. The number of hydrogen-bond donors (Lipinski definition) is 2. The van der Waals surface area contributed by atoms with Crippen LogP contribution in [0.4, 0.5) is 5.69 Å². The number of benzene rings is 2. The highest BCUT2D eigenvalue weighted by atomic mass is 16.2. The number of rotatable bonds is 7. The fourth-order valence-corrected chi connectivity index (χ4v) is 4.94. The van der Waals surface area contributed by atoms with Crippen molar-refractivity contribution in [2.45, 2.75) is 45.1 Å². The van der Waals surface area contributed by atoms with E-state index in [0.717, 1.165) is 57.4 Å². The molecule has 2 aromatic rings. The van der Waals surface area contributed by atoms with E-state index < -0.39 is 0 Å². The SMILES string of the molecule is O=C(CN1CCC(C(=O)N2CCCCCC2)CC1)Nc1ccccc1C(=O)NCc1ccccc1. The molecule has 0 bridgehead atoms. The van der Waals surface area contributed by atoms with Gasteiger partial charge in [0.1, 0.15) is 0 Å². The maximum Gasteiger partial charge on any atom is 0.253 e. The van der Waals surface area contributed by atoms with Crippen molar-refractivity contribution in [1.82, 2.24) is 15.1 Å². The molecule has 0 aromatic heterocycles. The lowest BCUT2D eigenvalue weighted by atomic mass is 9.95. The summed E-state index contributed by atoms with van der Waals surface area (Å²) in [4.78, 5) is 42.6. The van der Waals surface area contributed by atoms with Gasteiger partial charge in [0.2, 0.25) is 11.8 Å². The smallest absolute Gasteiger partial charge is 0.253 e. The minimum absolute atomic E-state index is 0.0708. The van der Waals surface area contributed by atoms with E-state index in [0.29, 0.717) is 23.7 Å². The van der Waals surface area contributed by atoms with Gasteiger partial charge in [-0.15, -0.1) is 0 Å². The van der Waals surface area contributed by atoms with E-state index in [1.807, 2.05) is 36.4 Å². The molecule has 2 aliphatic rings. The molecule has 2 N–H and O–H groups in total. The maximum atomic E-state index is 12.9. The third-order valence-electron chi connectivity index (χ3n) is 6.96. The second kappa shape index (κ2) is 12.5. The van der Waals surface area contributed by atoms with Gasteiger partial charge in [0.05, 0.1) is 17.8 Å². The van der Waals surface area contributed by atoms with Crippen LogP contribution < -0.4 is 10.6 Å². The Labute approximate surface area is 207 Å². The molecule has 0 unspecified atom stereocenters.